The van der Waals surface area contributed by atoms with Crippen LogP contribution in [0.3, 0.4) is 0 Å². The van der Waals surface area contributed by atoms with Crippen LogP contribution in [-0.2, 0) is 0 Å². The Bertz CT molecular complexity index is 719. The van der Waals surface area contributed by atoms with Crippen molar-refractivity contribution in [1.29, 1.82) is 0 Å². The van der Waals surface area contributed by atoms with Gasteiger partial charge in [-0.1, -0.05) is 6.07 Å². The molecule has 0 radical (unpaired) electrons. The first-order valence-electron chi connectivity index (χ1n) is 5.47. The maximum Gasteiger partial charge on any atom is 0.152 e. The van der Waals surface area contributed by atoms with Gasteiger partial charge in [-0.25, -0.2) is 4.39 Å². The average Bonchev–Trinajstić information content (AvgIpc) is 2.80. The Labute approximate surface area is 103 Å². The molecule has 0 spiro atoms. The molecule has 3 rings (SSSR count). The van der Waals surface area contributed by atoms with E-state index in [4.69, 9.17) is 0 Å². The quantitative estimate of drug-likeness (QED) is 0.645. The van der Waals surface area contributed by atoms with Crippen molar-refractivity contribution in [3.63, 3.8) is 0 Å². The molecule has 3 aromatic rings. The SMILES string of the molecule is O=Cc1cc2c(F)cccn2c1-c1ccccn1. The van der Waals surface area contributed by atoms with Crippen LogP contribution >= 0.6 is 0 Å². The van der Waals surface area contributed by atoms with Crippen molar-refractivity contribution in [1.82, 2.24) is 9.38 Å². The first-order chi connectivity index (χ1) is 8.81. The van der Waals surface area contributed by atoms with Crippen LogP contribution < -0.4 is 0 Å². The molecule has 0 N–H and O–H groups in total. The van der Waals surface area contributed by atoms with Crippen molar-refractivity contribution in [2.45, 2.75) is 0 Å². The molecular formula is C14H9FN2O. The highest BCUT2D eigenvalue weighted by Crippen LogP contribution is 2.26. The van der Waals surface area contributed by atoms with E-state index in [1.807, 2.05) is 6.07 Å². The van der Waals surface area contributed by atoms with Crippen molar-refractivity contribution in [2.75, 3.05) is 0 Å². The summed E-state index contributed by atoms with van der Waals surface area (Å²) in [6, 6.07) is 9.91. The number of carbonyl (C=O) groups excluding carboxylic acids is 1. The highest BCUT2D eigenvalue weighted by molar-refractivity contribution is 5.89. The average molecular weight is 240 g/mol. The smallest absolute Gasteiger partial charge is 0.152 e. The topological polar surface area (TPSA) is 34.4 Å². The molecule has 0 unspecified atom stereocenters. The van der Waals surface area contributed by atoms with E-state index in [2.05, 4.69) is 4.98 Å². The molecule has 0 amide bonds. The fraction of sp³-hybridized carbons (Fsp3) is 0. The number of fused-ring (bicyclic) bond motifs is 1. The summed E-state index contributed by atoms with van der Waals surface area (Å²) in [4.78, 5) is 15.3. The number of aldehydes is 1. The lowest BCUT2D eigenvalue weighted by molar-refractivity contribution is 0.112. The summed E-state index contributed by atoms with van der Waals surface area (Å²) in [6.07, 6.45) is 4.08. The second-order valence-corrected chi connectivity index (χ2v) is 3.89. The van der Waals surface area contributed by atoms with E-state index >= 15 is 0 Å². The van der Waals surface area contributed by atoms with Gasteiger partial charge in [0.2, 0.25) is 0 Å². The lowest BCUT2D eigenvalue weighted by Gasteiger charge is -2.03. The second-order valence-electron chi connectivity index (χ2n) is 3.89. The molecule has 0 saturated carbocycles. The van der Waals surface area contributed by atoms with Crippen LogP contribution in [0.2, 0.25) is 0 Å². The highest BCUT2D eigenvalue weighted by atomic mass is 19.1. The molecule has 3 aromatic heterocycles. The van der Waals surface area contributed by atoms with Gasteiger partial charge >= 0.3 is 0 Å². The molecule has 3 heterocycles. The van der Waals surface area contributed by atoms with Crippen LogP contribution in [0.5, 0.6) is 0 Å². The van der Waals surface area contributed by atoms with Crippen molar-refractivity contribution in [2.24, 2.45) is 0 Å². The van der Waals surface area contributed by atoms with Crippen LogP contribution in [0.4, 0.5) is 4.39 Å². The minimum absolute atomic E-state index is 0.359. The van der Waals surface area contributed by atoms with Crippen molar-refractivity contribution >= 4 is 11.8 Å². The molecule has 0 atom stereocenters. The Morgan fingerprint density at radius 3 is 2.83 bits per heavy atom. The summed E-state index contributed by atoms with van der Waals surface area (Å²) in [5.41, 5.74) is 2.06. The Kier molecular flexibility index (Phi) is 2.41. The predicted molar refractivity (Wildman–Crippen MR) is 66.0 cm³/mol. The van der Waals surface area contributed by atoms with Crippen LogP contribution in [0.15, 0.2) is 48.8 Å². The predicted octanol–water partition coefficient (Wildman–Crippen LogP) is 2.95. The zero-order valence-electron chi connectivity index (χ0n) is 9.38. The Balaban J connectivity index is 2.40. The minimum atomic E-state index is -0.359. The summed E-state index contributed by atoms with van der Waals surface area (Å²) < 4.78 is 15.3. The van der Waals surface area contributed by atoms with Gasteiger partial charge in [-0.2, -0.15) is 0 Å². The summed E-state index contributed by atoms with van der Waals surface area (Å²) in [7, 11) is 0. The lowest BCUT2D eigenvalue weighted by Crippen LogP contribution is -1.93. The number of hydrogen-bond donors (Lipinski definition) is 0. The maximum atomic E-state index is 13.7. The highest BCUT2D eigenvalue weighted by Gasteiger charge is 2.14. The first kappa shape index (κ1) is 10.7. The largest absolute Gasteiger partial charge is 0.312 e. The Morgan fingerprint density at radius 1 is 1.22 bits per heavy atom. The summed E-state index contributed by atoms with van der Waals surface area (Å²) >= 11 is 0. The monoisotopic (exact) mass is 240 g/mol. The van der Waals surface area contributed by atoms with E-state index in [1.165, 1.54) is 12.1 Å². The van der Waals surface area contributed by atoms with Gasteiger partial charge in [0.15, 0.2) is 6.29 Å². The molecule has 0 saturated heterocycles. The molecule has 88 valence electrons. The Hall–Kier alpha value is -2.49. The number of pyridine rings is 2. The van der Waals surface area contributed by atoms with Crippen LogP contribution in [0, 0.1) is 5.82 Å². The number of aromatic nitrogens is 2. The van der Waals surface area contributed by atoms with Crippen LogP contribution in [0.1, 0.15) is 10.4 Å². The number of halogens is 1. The summed E-state index contributed by atoms with van der Waals surface area (Å²) in [6.45, 7) is 0. The molecule has 0 aliphatic carbocycles. The second kappa shape index (κ2) is 4.07. The zero-order chi connectivity index (χ0) is 12.5. The van der Waals surface area contributed by atoms with E-state index in [1.54, 1.807) is 35.0 Å². The van der Waals surface area contributed by atoms with Gasteiger partial charge in [-0.05, 0) is 30.3 Å². The number of carbonyl (C=O) groups is 1. The maximum absolute atomic E-state index is 13.7. The van der Waals surface area contributed by atoms with Gasteiger partial charge in [0.1, 0.15) is 5.82 Å². The van der Waals surface area contributed by atoms with E-state index in [0.717, 1.165) is 6.29 Å². The molecule has 3 nitrogen and oxygen atoms in total. The molecule has 0 aromatic carbocycles. The number of hydrogen-bond acceptors (Lipinski definition) is 2. The third-order valence-electron chi connectivity index (χ3n) is 2.82. The van der Waals surface area contributed by atoms with Crippen LogP contribution in [-0.4, -0.2) is 15.7 Å². The van der Waals surface area contributed by atoms with Gasteiger partial charge in [0.05, 0.1) is 16.9 Å². The van der Waals surface area contributed by atoms with Crippen LogP contribution in [0.25, 0.3) is 16.9 Å². The molecule has 0 aliphatic rings. The minimum Gasteiger partial charge on any atom is -0.312 e. The Morgan fingerprint density at radius 2 is 2.11 bits per heavy atom. The van der Waals surface area contributed by atoms with Gasteiger partial charge in [0, 0.05) is 18.0 Å². The summed E-state index contributed by atoms with van der Waals surface area (Å²) in [5.74, 6) is -0.359. The van der Waals surface area contributed by atoms with E-state index in [-0.39, 0.29) is 5.82 Å². The third-order valence-corrected chi connectivity index (χ3v) is 2.82. The number of nitrogens with zero attached hydrogens (tertiary/aromatic N) is 2. The molecule has 0 fully saturated rings. The molecule has 4 heteroatoms. The van der Waals surface area contributed by atoms with Gasteiger partial charge in [-0.3, -0.25) is 9.78 Å². The van der Waals surface area contributed by atoms with Crippen molar-refractivity contribution in [3.05, 3.63) is 60.2 Å². The lowest BCUT2D eigenvalue weighted by atomic mass is 10.2. The molecular weight excluding hydrogens is 231 g/mol. The zero-order valence-corrected chi connectivity index (χ0v) is 9.38. The third kappa shape index (κ3) is 1.50. The van der Waals surface area contributed by atoms with Crippen molar-refractivity contribution < 1.29 is 9.18 Å². The molecule has 0 aliphatic heterocycles. The van der Waals surface area contributed by atoms with E-state index < -0.39 is 0 Å². The first-order valence-corrected chi connectivity index (χ1v) is 5.47. The number of rotatable bonds is 2. The molecule has 18 heavy (non-hydrogen) atoms. The van der Waals surface area contributed by atoms with Gasteiger partial charge in [0.25, 0.3) is 0 Å². The van der Waals surface area contributed by atoms with E-state index in [9.17, 15) is 9.18 Å². The van der Waals surface area contributed by atoms with Gasteiger partial charge < -0.3 is 4.40 Å². The van der Waals surface area contributed by atoms with Gasteiger partial charge in [-0.15, -0.1) is 0 Å². The normalized spacial score (nSPS) is 10.7. The standard InChI is InChI=1S/C14H9FN2O/c15-11-4-3-7-17-13(11)8-10(9-18)14(17)12-5-1-2-6-16-12/h1-9H. The summed E-state index contributed by atoms with van der Waals surface area (Å²) in [5, 5.41) is 0. The fourth-order valence-electron chi connectivity index (χ4n) is 2.05. The fourth-order valence-corrected chi connectivity index (χ4v) is 2.05. The van der Waals surface area contributed by atoms with Crippen molar-refractivity contribution in [3.8, 4) is 11.4 Å². The molecule has 0 bridgehead atoms. The van der Waals surface area contributed by atoms with E-state index in [0.29, 0.717) is 22.5 Å².